The summed E-state index contributed by atoms with van der Waals surface area (Å²) >= 11 is 0. The topological polar surface area (TPSA) is 78.5 Å². The Bertz CT molecular complexity index is 1010. The summed E-state index contributed by atoms with van der Waals surface area (Å²) < 4.78 is 5.36. The second kappa shape index (κ2) is 7.25. The predicted octanol–water partition coefficient (Wildman–Crippen LogP) is 2.71. The van der Waals surface area contributed by atoms with E-state index in [4.69, 9.17) is 9.72 Å². The molecular weight excluding hydrogens is 342 g/mol. The summed E-state index contributed by atoms with van der Waals surface area (Å²) in [6.07, 6.45) is 0.722. The minimum atomic E-state index is -0.0822. The lowest BCUT2D eigenvalue weighted by Crippen LogP contribution is -2.35. The minimum absolute atomic E-state index is 0.0822. The molecule has 6 heteroatoms. The van der Waals surface area contributed by atoms with Gasteiger partial charge < -0.3 is 14.8 Å². The second-order valence-electron chi connectivity index (χ2n) is 6.66. The van der Waals surface area contributed by atoms with Crippen molar-refractivity contribution in [1.82, 2.24) is 14.9 Å². The maximum atomic E-state index is 12.6. The van der Waals surface area contributed by atoms with E-state index in [-0.39, 0.29) is 11.3 Å². The maximum Gasteiger partial charge on any atom is 0.255 e. The Balaban J connectivity index is 1.58. The summed E-state index contributed by atoms with van der Waals surface area (Å²) in [6, 6.07) is 14.8. The lowest BCUT2D eigenvalue weighted by molar-refractivity contribution is 0.238. The molecule has 1 aliphatic rings. The largest absolute Gasteiger partial charge is 0.508 e. The number of hydrogen-bond donors (Lipinski definition) is 2. The van der Waals surface area contributed by atoms with Crippen LogP contribution < -0.4 is 10.3 Å². The van der Waals surface area contributed by atoms with Crippen LogP contribution in [0, 0.1) is 0 Å². The van der Waals surface area contributed by atoms with Gasteiger partial charge in [-0.15, -0.1) is 0 Å². The van der Waals surface area contributed by atoms with E-state index in [1.165, 1.54) is 0 Å². The van der Waals surface area contributed by atoms with Crippen molar-refractivity contribution < 1.29 is 9.84 Å². The highest BCUT2D eigenvalue weighted by Gasteiger charge is 2.22. The van der Waals surface area contributed by atoms with Gasteiger partial charge in [0.1, 0.15) is 17.3 Å². The van der Waals surface area contributed by atoms with Gasteiger partial charge in [0.05, 0.1) is 18.4 Å². The van der Waals surface area contributed by atoms with Crippen molar-refractivity contribution in [2.45, 2.75) is 19.5 Å². The van der Waals surface area contributed by atoms with Crippen molar-refractivity contribution in [3.63, 3.8) is 0 Å². The van der Waals surface area contributed by atoms with Crippen LogP contribution in [0.2, 0.25) is 0 Å². The van der Waals surface area contributed by atoms with Crippen molar-refractivity contribution >= 4 is 0 Å². The summed E-state index contributed by atoms with van der Waals surface area (Å²) in [5.41, 5.74) is 3.39. The fourth-order valence-corrected chi connectivity index (χ4v) is 3.45. The Kier molecular flexibility index (Phi) is 4.64. The highest BCUT2D eigenvalue weighted by Crippen LogP contribution is 2.27. The van der Waals surface area contributed by atoms with E-state index in [2.05, 4.69) is 9.88 Å². The molecule has 0 amide bonds. The monoisotopic (exact) mass is 363 g/mol. The summed E-state index contributed by atoms with van der Waals surface area (Å²) in [5.74, 6) is 1.44. The first-order valence-electron chi connectivity index (χ1n) is 8.90. The molecule has 3 aromatic rings. The third-order valence-corrected chi connectivity index (χ3v) is 4.86. The van der Waals surface area contributed by atoms with Gasteiger partial charge >= 0.3 is 0 Å². The smallest absolute Gasteiger partial charge is 0.255 e. The fraction of sp³-hybridized carbons (Fsp3) is 0.238. The molecule has 0 bridgehead atoms. The van der Waals surface area contributed by atoms with Gasteiger partial charge in [0.15, 0.2) is 0 Å². The fourth-order valence-electron chi connectivity index (χ4n) is 3.45. The molecule has 0 fully saturated rings. The van der Waals surface area contributed by atoms with Crippen LogP contribution in [-0.4, -0.2) is 33.6 Å². The number of phenols is 1. The standard InChI is InChI=1S/C21H21N3O3/c1-27-19-11-16(25)8-7-15(19)12-24-10-9-18-17(13-24)21(26)23-20(22-18)14-5-3-2-4-6-14/h2-8,11,25H,9-10,12-13H2,1H3,(H,22,23,26). The SMILES string of the molecule is COc1cc(O)ccc1CN1CCc2nc(-c3ccccc3)[nH]c(=O)c2C1. The molecule has 0 saturated heterocycles. The number of aromatic nitrogens is 2. The van der Waals surface area contributed by atoms with Gasteiger partial charge in [0, 0.05) is 43.2 Å². The molecule has 0 saturated carbocycles. The van der Waals surface area contributed by atoms with E-state index in [0.717, 1.165) is 35.3 Å². The van der Waals surface area contributed by atoms with Crippen molar-refractivity contribution in [3.05, 3.63) is 75.7 Å². The van der Waals surface area contributed by atoms with E-state index in [9.17, 15) is 9.90 Å². The number of fused-ring (bicyclic) bond motifs is 1. The molecule has 4 rings (SSSR count). The number of H-pyrrole nitrogens is 1. The molecule has 138 valence electrons. The first-order valence-corrected chi connectivity index (χ1v) is 8.90. The maximum absolute atomic E-state index is 12.6. The molecule has 0 unspecified atom stereocenters. The van der Waals surface area contributed by atoms with E-state index in [1.54, 1.807) is 19.2 Å². The number of aromatic hydroxyl groups is 1. The Morgan fingerprint density at radius 2 is 2.04 bits per heavy atom. The summed E-state index contributed by atoms with van der Waals surface area (Å²) in [5, 5.41) is 9.61. The van der Waals surface area contributed by atoms with Crippen LogP contribution in [0.25, 0.3) is 11.4 Å². The zero-order valence-corrected chi connectivity index (χ0v) is 15.1. The Morgan fingerprint density at radius 1 is 1.22 bits per heavy atom. The van der Waals surface area contributed by atoms with Crippen molar-refractivity contribution in [2.24, 2.45) is 0 Å². The van der Waals surface area contributed by atoms with Gasteiger partial charge in [-0.05, 0) is 6.07 Å². The van der Waals surface area contributed by atoms with Crippen LogP contribution >= 0.6 is 0 Å². The van der Waals surface area contributed by atoms with Crippen LogP contribution in [0.4, 0.5) is 0 Å². The molecule has 2 heterocycles. The van der Waals surface area contributed by atoms with E-state index >= 15 is 0 Å². The van der Waals surface area contributed by atoms with Gasteiger partial charge in [-0.1, -0.05) is 36.4 Å². The quantitative estimate of drug-likeness (QED) is 0.745. The molecule has 1 aliphatic heterocycles. The molecule has 6 nitrogen and oxygen atoms in total. The lowest BCUT2D eigenvalue weighted by Gasteiger charge is -2.28. The van der Waals surface area contributed by atoms with E-state index in [0.29, 0.717) is 24.7 Å². The van der Waals surface area contributed by atoms with Crippen molar-refractivity contribution in [3.8, 4) is 22.9 Å². The third kappa shape index (κ3) is 3.57. The molecule has 27 heavy (non-hydrogen) atoms. The molecular formula is C21H21N3O3. The number of rotatable bonds is 4. The van der Waals surface area contributed by atoms with Gasteiger partial charge in [0.2, 0.25) is 0 Å². The Labute approximate surface area is 157 Å². The van der Waals surface area contributed by atoms with Crippen LogP contribution in [0.3, 0.4) is 0 Å². The minimum Gasteiger partial charge on any atom is -0.508 e. The zero-order chi connectivity index (χ0) is 18.8. The molecule has 1 aromatic heterocycles. The lowest BCUT2D eigenvalue weighted by atomic mass is 10.0. The first kappa shape index (κ1) is 17.3. The second-order valence-corrected chi connectivity index (χ2v) is 6.66. The van der Waals surface area contributed by atoms with Gasteiger partial charge in [-0.25, -0.2) is 4.98 Å². The van der Waals surface area contributed by atoms with Crippen molar-refractivity contribution in [1.29, 1.82) is 0 Å². The highest BCUT2D eigenvalue weighted by atomic mass is 16.5. The number of methoxy groups -OCH3 is 1. The summed E-state index contributed by atoms with van der Waals surface area (Å²) in [7, 11) is 1.59. The number of phenolic OH excluding ortho intramolecular Hbond substituents is 1. The number of nitrogens with zero attached hydrogens (tertiary/aromatic N) is 2. The number of aromatic amines is 1. The summed E-state index contributed by atoms with van der Waals surface area (Å²) in [6.45, 7) is 1.99. The Hall–Kier alpha value is -3.12. The van der Waals surface area contributed by atoms with Gasteiger partial charge in [0.25, 0.3) is 5.56 Å². The average molecular weight is 363 g/mol. The van der Waals surface area contributed by atoms with Crippen LogP contribution in [0.5, 0.6) is 11.5 Å². The third-order valence-electron chi connectivity index (χ3n) is 4.86. The Morgan fingerprint density at radius 3 is 2.81 bits per heavy atom. The molecule has 0 atom stereocenters. The molecule has 0 radical (unpaired) electrons. The van der Waals surface area contributed by atoms with Crippen LogP contribution in [0.1, 0.15) is 16.8 Å². The molecule has 0 spiro atoms. The van der Waals surface area contributed by atoms with Gasteiger partial charge in [-0.3, -0.25) is 9.69 Å². The normalized spacial score (nSPS) is 14.0. The molecule has 2 N–H and O–H groups in total. The van der Waals surface area contributed by atoms with Crippen molar-refractivity contribution in [2.75, 3.05) is 13.7 Å². The van der Waals surface area contributed by atoms with Crippen LogP contribution in [-0.2, 0) is 19.5 Å². The average Bonchev–Trinajstić information content (AvgIpc) is 2.70. The summed E-state index contributed by atoms with van der Waals surface area (Å²) in [4.78, 5) is 22.4. The molecule has 0 aliphatic carbocycles. The van der Waals surface area contributed by atoms with Gasteiger partial charge in [-0.2, -0.15) is 0 Å². The van der Waals surface area contributed by atoms with E-state index in [1.807, 2.05) is 36.4 Å². The zero-order valence-electron chi connectivity index (χ0n) is 15.1. The predicted molar refractivity (Wildman–Crippen MR) is 103 cm³/mol. The highest BCUT2D eigenvalue weighted by molar-refractivity contribution is 5.54. The number of ether oxygens (including phenoxy) is 1. The first-order chi connectivity index (χ1) is 13.1. The van der Waals surface area contributed by atoms with Crippen LogP contribution in [0.15, 0.2) is 53.3 Å². The number of benzene rings is 2. The number of hydrogen-bond acceptors (Lipinski definition) is 5. The number of nitrogens with one attached hydrogen (secondary N) is 1. The molecule has 2 aromatic carbocycles. The van der Waals surface area contributed by atoms with E-state index < -0.39 is 0 Å².